The average Bonchev–Trinajstić information content (AvgIpc) is 2.98. The highest BCUT2D eigenvalue weighted by molar-refractivity contribution is 5.66. The van der Waals surface area contributed by atoms with Crippen molar-refractivity contribution in [3.8, 4) is 0 Å². The van der Waals surface area contributed by atoms with E-state index in [1.54, 1.807) is 0 Å². The molecule has 1 aromatic rings. The molecule has 0 spiro atoms. The first-order valence-corrected chi connectivity index (χ1v) is 6.85. The van der Waals surface area contributed by atoms with Gasteiger partial charge in [0.15, 0.2) is 0 Å². The Morgan fingerprint density at radius 1 is 1.47 bits per heavy atom. The maximum Gasteiger partial charge on any atom is 0.303 e. The van der Waals surface area contributed by atoms with E-state index in [1.807, 2.05) is 6.92 Å². The van der Waals surface area contributed by atoms with Crippen molar-refractivity contribution in [3.05, 3.63) is 11.7 Å². The third kappa shape index (κ3) is 3.32. The van der Waals surface area contributed by atoms with Gasteiger partial charge < -0.3 is 14.4 Å². The number of ether oxygens (including phenoxy) is 1. The van der Waals surface area contributed by atoms with Crippen molar-refractivity contribution in [2.24, 2.45) is 0 Å². The van der Waals surface area contributed by atoms with Gasteiger partial charge in [-0.05, 0) is 39.0 Å². The standard InChI is InChI=1S/C13H20N2O4/c1-2-18-13(8-3-4-9-13)12-14-10(19-15-12)6-5-7-11(16)17/h2-9H2,1H3,(H,16,17). The smallest absolute Gasteiger partial charge is 0.303 e. The minimum Gasteiger partial charge on any atom is -0.481 e. The molecule has 0 aliphatic heterocycles. The van der Waals surface area contributed by atoms with Gasteiger partial charge in [0.2, 0.25) is 11.7 Å². The molecule has 1 N–H and O–H groups in total. The van der Waals surface area contributed by atoms with E-state index in [2.05, 4.69) is 10.1 Å². The maximum absolute atomic E-state index is 10.5. The molecule has 1 aromatic heterocycles. The molecule has 0 saturated heterocycles. The van der Waals surface area contributed by atoms with Gasteiger partial charge in [-0.2, -0.15) is 4.98 Å². The number of carbonyl (C=O) groups is 1. The van der Waals surface area contributed by atoms with Crippen LogP contribution in [0.5, 0.6) is 0 Å². The Labute approximate surface area is 112 Å². The zero-order chi connectivity index (χ0) is 13.7. The summed E-state index contributed by atoms with van der Waals surface area (Å²) in [6.07, 6.45) is 5.21. The molecule has 0 atom stereocenters. The van der Waals surface area contributed by atoms with Crippen LogP contribution in [0.1, 0.15) is 57.2 Å². The van der Waals surface area contributed by atoms with E-state index >= 15 is 0 Å². The normalized spacial score (nSPS) is 17.7. The second-order valence-electron chi connectivity index (χ2n) is 4.89. The SMILES string of the molecule is CCOC1(c2noc(CCCC(=O)O)n2)CCCC1. The van der Waals surface area contributed by atoms with Crippen LogP contribution in [-0.4, -0.2) is 27.8 Å². The number of carboxylic acids is 1. The summed E-state index contributed by atoms with van der Waals surface area (Å²) in [6, 6.07) is 0. The highest BCUT2D eigenvalue weighted by atomic mass is 16.5. The molecule has 0 aromatic carbocycles. The third-order valence-corrected chi connectivity index (χ3v) is 3.49. The van der Waals surface area contributed by atoms with Crippen LogP contribution < -0.4 is 0 Å². The summed E-state index contributed by atoms with van der Waals surface area (Å²) in [5, 5.41) is 12.6. The van der Waals surface area contributed by atoms with Gasteiger partial charge in [-0.25, -0.2) is 0 Å². The predicted molar refractivity (Wildman–Crippen MR) is 66.6 cm³/mol. The summed E-state index contributed by atoms with van der Waals surface area (Å²) in [7, 11) is 0. The van der Waals surface area contributed by atoms with E-state index in [4.69, 9.17) is 14.4 Å². The second kappa shape index (κ2) is 6.14. The van der Waals surface area contributed by atoms with E-state index in [-0.39, 0.29) is 12.0 Å². The Bertz CT molecular complexity index is 424. The molecule has 1 aliphatic carbocycles. The van der Waals surface area contributed by atoms with Crippen molar-refractivity contribution in [1.82, 2.24) is 10.1 Å². The minimum absolute atomic E-state index is 0.119. The lowest BCUT2D eigenvalue weighted by Crippen LogP contribution is -2.27. The summed E-state index contributed by atoms with van der Waals surface area (Å²) in [5.41, 5.74) is -0.386. The molecule has 1 aliphatic rings. The molecule has 6 nitrogen and oxygen atoms in total. The van der Waals surface area contributed by atoms with Crippen LogP contribution >= 0.6 is 0 Å². The van der Waals surface area contributed by atoms with Crippen molar-refractivity contribution < 1.29 is 19.2 Å². The number of hydrogen-bond acceptors (Lipinski definition) is 5. The van der Waals surface area contributed by atoms with E-state index in [0.29, 0.717) is 31.2 Å². The van der Waals surface area contributed by atoms with E-state index in [0.717, 1.165) is 25.7 Å². The Balaban J connectivity index is 2.00. The Morgan fingerprint density at radius 2 is 2.21 bits per heavy atom. The molecule has 6 heteroatoms. The van der Waals surface area contributed by atoms with E-state index < -0.39 is 5.97 Å². The van der Waals surface area contributed by atoms with Crippen LogP contribution in [-0.2, 0) is 21.6 Å². The first-order valence-electron chi connectivity index (χ1n) is 6.85. The predicted octanol–water partition coefficient (Wildman–Crippen LogP) is 2.28. The van der Waals surface area contributed by atoms with Gasteiger partial charge in [0.25, 0.3) is 0 Å². The summed E-state index contributed by atoms with van der Waals surface area (Å²) in [5.74, 6) is 0.320. The number of nitrogens with zero attached hydrogens (tertiary/aromatic N) is 2. The van der Waals surface area contributed by atoms with Crippen molar-refractivity contribution in [3.63, 3.8) is 0 Å². The number of aryl methyl sites for hydroxylation is 1. The Hall–Kier alpha value is -1.43. The van der Waals surface area contributed by atoms with Crippen LogP contribution in [0, 0.1) is 0 Å². The number of aromatic nitrogens is 2. The summed E-state index contributed by atoms with van der Waals surface area (Å²) in [4.78, 5) is 14.8. The zero-order valence-electron chi connectivity index (χ0n) is 11.2. The van der Waals surface area contributed by atoms with E-state index in [9.17, 15) is 4.79 Å². The Kier molecular flexibility index (Phi) is 4.52. The molecule has 1 fully saturated rings. The van der Waals surface area contributed by atoms with Crippen LogP contribution in [0.25, 0.3) is 0 Å². The number of aliphatic carboxylic acids is 1. The van der Waals surface area contributed by atoms with Crippen molar-refractivity contribution >= 4 is 5.97 Å². The molecule has 1 saturated carbocycles. The summed E-state index contributed by atoms with van der Waals surface area (Å²) >= 11 is 0. The van der Waals surface area contributed by atoms with Crippen LogP contribution in [0.4, 0.5) is 0 Å². The quantitative estimate of drug-likeness (QED) is 0.816. The van der Waals surface area contributed by atoms with E-state index in [1.165, 1.54) is 0 Å². The largest absolute Gasteiger partial charge is 0.481 e. The highest BCUT2D eigenvalue weighted by Crippen LogP contribution is 2.40. The van der Waals surface area contributed by atoms with Crippen molar-refractivity contribution in [2.75, 3.05) is 6.61 Å². The second-order valence-corrected chi connectivity index (χ2v) is 4.89. The van der Waals surface area contributed by atoms with Gasteiger partial charge in [0.05, 0.1) is 0 Å². The molecule has 0 bridgehead atoms. The minimum atomic E-state index is -0.804. The number of hydrogen-bond donors (Lipinski definition) is 1. The van der Waals surface area contributed by atoms with Gasteiger partial charge in [-0.3, -0.25) is 4.79 Å². The fourth-order valence-corrected chi connectivity index (χ4v) is 2.59. The lowest BCUT2D eigenvalue weighted by atomic mass is 10.0. The fourth-order valence-electron chi connectivity index (χ4n) is 2.59. The molecular formula is C13H20N2O4. The first-order chi connectivity index (χ1) is 9.16. The molecule has 106 valence electrons. The zero-order valence-corrected chi connectivity index (χ0v) is 11.2. The molecule has 0 radical (unpaired) electrons. The van der Waals surface area contributed by atoms with Gasteiger partial charge in [0, 0.05) is 19.4 Å². The molecule has 1 heterocycles. The van der Waals surface area contributed by atoms with Gasteiger partial charge in [0.1, 0.15) is 5.60 Å². The fraction of sp³-hybridized carbons (Fsp3) is 0.769. The lowest BCUT2D eigenvalue weighted by Gasteiger charge is -2.24. The molecule has 2 rings (SSSR count). The molecule has 19 heavy (non-hydrogen) atoms. The lowest BCUT2D eigenvalue weighted by molar-refractivity contribution is -0.137. The van der Waals surface area contributed by atoms with Crippen molar-refractivity contribution in [2.45, 2.75) is 57.5 Å². The topological polar surface area (TPSA) is 85.5 Å². The average molecular weight is 268 g/mol. The number of rotatable bonds is 7. The van der Waals surface area contributed by atoms with Crippen LogP contribution in [0.3, 0.4) is 0 Å². The number of carboxylic acid groups (broad SMARTS) is 1. The summed E-state index contributed by atoms with van der Waals surface area (Å²) in [6.45, 7) is 2.59. The van der Waals surface area contributed by atoms with Crippen LogP contribution in [0.2, 0.25) is 0 Å². The van der Waals surface area contributed by atoms with Crippen LogP contribution in [0.15, 0.2) is 4.52 Å². The third-order valence-electron chi connectivity index (χ3n) is 3.49. The first kappa shape index (κ1) is 14.0. The van der Waals surface area contributed by atoms with Gasteiger partial charge in [-0.15, -0.1) is 0 Å². The maximum atomic E-state index is 10.5. The van der Waals surface area contributed by atoms with Crippen molar-refractivity contribution in [1.29, 1.82) is 0 Å². The van der Waals surface area contributed by atoms with Gasteiger partial charge in [-0.1, -0.05) is 5.16 Å². The Morgan fingerprint density at radius 3 is 2.84 bits per heavy atom. The molecule has 0 unspecified atom stereocenters. The molecular weight excluding hydrogens is 248 g/mol. The highest BCUT2D eigenvalue weighted by Gasteiger charge is 2.40. The molecule has 0 amide bonds. The summed E-state index contributed by atoms with van der Waals surface area (Å²) < 4.78 is 11.0. The van der Waals surface area contributed by atoms with Gasteiger partial charge >= 0.3 is 5.97 Å². The monoisotopic (exact) mass is 268 g/mol.